The molecule has 1 aliphatic heterocycles. The van der Waals surface area contributed by atoms with E-state index in [1.54, 1.807) is 61.7 Å². The number of carbonyl (C=O) groups excluding carboxylic acids is 2. The van der Waals surface area contributed by atoms with E-state index in [0.29, 0.717) is 36.1 Å². The van der Waals surface area contributed by atoms with Gasteiger partial charge in [-0.05, 0) is 30.5 Å². The van der Waals surface area contributed by atoms with Crippen molar-refractivity contribution in [3.8, 4) is 5.75 Å². The Morgan fingerprint density at radius 2 is 1.65 bits per heavy atom. The third kappa shape index (κ3) is 4.94. The number of hydrogen-bond donors (Lipinski definition) is 2. The molecule has 1 aliphatic rings. The minimum Gasteiger partial charge on any atom is -0.507 e. The van der Waals surface area contributed by atoms with Crippen LogP contribution in [0, 0.1) is 0 Å². The van der Waals surface area contributed by atoms with Crippen LogP contribution in [0.1, 0.15) is 42.9 Å². The molecule has 7 nitrogen and oxygen atoms in total. The first kappa shape index (κ1) is 22.1. The lowest BCUT2D eigenvalue weighted by atomic mass is 9.95. The van der Waals surface area contributed by atoms with Crippen LogP contribution < -0.4 is 4.74 Å². The Morgan fingerprint density at radius 1 is 0.968 bits per heavy atom. The number of unbranched alkanes of at least 4 members (excludes halogenated alkanes) is 2. The molecule has 0 radical (unpaired) electrons. The standard InChI is InChI=1S/C24H25NO6/c1-31-18-13-11-16(12-14-18)21-20(22(28)17-8-4-2-5-9-17)23(29)24(30)25(21)15-7-3-6-10-19(26)27/h2,4-5,8-9,11-14,21,28H,3,6-7,10,15H2,1H3,(H,26,27). The lowest BCUT2D eigenvalue weighted by Gasteiger charge is -2.25. The number of carbonyl (C=O) groups is 3. The molecular formula is C24H25NO6. The molecule has 3 rings (SSSR count). The molecule has 1 atom stereocenters. The molecule has 1 fully saturated rings. The van der Waals surface area contributed by atoms with Crippen LogP contribution in [0.5, 0.6) is 5.75 Å². The maximum atomic E-state index is 12.9. The molecule has 0 aliphatic carbocycles. The maximum absolute atomic E-state index is 12.9. The Labute approximate surface area is 180 Å². The highest BCUT2D eigenvalue weighted by Gasteiger charge is 2.45. The number of methoxy groups -OCH3 is 1. The van der Waals surface area contributed by atoms with Crippen LogP contribution in [-0.4, -0.2) is 46.4 Å². The van der Waals surface area contributed by atoms with Crippen molar-refractivity contribution in [1.29, 1.82) is 0 Å². The van der Waals surface area contributed by atoms with E-state index in [4.69, 9.17) is 9.84 Å². The topological polar surface area (TPSA) is 104 Å². The Balaban J connectivity index is 1.96. The first-order valence-corrected chi connectivity index (χ1v) is 10.1. The van der Waals surface area contributed by atoms with Gasteiger partial charge in [-0.1, -0.05) is 48.9 Å². The molecule has 0 aromatic heterocycles. The predicted molar refractivity (Wildman–Crippen MR) is 115 cm³/mol. The number of aliphatic carboxylic acids is 1. The van der Waals surface area contributed by atoms with Gasteiger partial charge in [0.25, 0.3) is 11.7 Å². The molecule has 0 bridgehead atoms. The van der Waals surface area contributed by atoms with E-state index in [0.717, 1.165) is 0 Å². The van der Waals surface area contributed by atoms with E-state index in [1.807, 2.05) is 0 Å². The number of aliphatic hydroxyl groups is 1. The van der Waals surface area contributed by atoms with Gasteiger partial charge in [0, 0.05) is 18.5 Å². The minimum atomic E-state index is -0.860. The number of likely N-dealkylation sites (tertiary alicyclic amines) is 1. The SMILES string of the molecule is COc1ccc(C2C(=C(O)c3ccccc3)C(=O)C(=O)N2CCCCCC(=O)O)cc1. The first-order chi connectivity index (χ1) is 14.9. The zero-order valence-corrected chi connectivity index (χ0v) is 17.3. The quantitative estimate of drug-likeness (QED) is 0.275. The highest BCUT2D eigenvalue weighted by atomic mass is 16.5. The molecule has 162 valence electrons. The molecule has 2 aromatic carbocycles. The summed E-state index contributed by atoms with van der Waals surface area (Å²) < 4.78 is 5.20. The molecule has 7 heteroatoms. The van der Waals surface area contributed by atoms with Crippen LogP contribution in [-0.2, 0) is 14.4 Å². The summed E-state index contributed by atoms with van der Waals surface area (Å²) in [6, 6.07) is 14.9. The van der Waals surface area contributed by atoms with Gasteiger partial charge in [0.1, 0.15) is 11.5 Å². The molecule has 1 saturated heterocycles. The number of rotatable bonds is 9. The minimum absolute atomic E-state index is 0.0481. The molecule has 1 unspecified atom stereocenters. The molecule has 1 amide bonds. The lowest BCUT2D eigenvalue weighted by molar-refractivity contribution is -0.140. The number of aliphatic hydroxyl groups excluding tert-OH is 1. The van der Waals surface area contributed by atoms with Gasteiger partial charge in [0.2, 0.25) is 0 Å². The van der Waals surface area contributed by atoms with Gasteiger partial charge in [0.15, 0.2) is 0 Å². The van der Waals surface area contributed by atoms with Crippen LogP contribution in [0.25, 0.3) is 5.76 Å². The Bertz CT molecular complexity index is 981. The van der Waals surface area contributed by atoms with Gasteiger partial charge in [-0.3, -0.25) is 14.4 Å². The second kappa shape index (κ2) is 9.93. The summed E-state index contributed by atoms with van der Waals surface area (Å²) in [6.45, 7) is 0.284. The maximum Gasteiger partial charge on any atom is 0.303 e. The summed E-state index contributed by atoms with van der Waals surface area (Å²) in [7, 11) is 1.55. The third-order valence-corrected chi connectivity index (χ3v) is 5.31. The van der Waals surface area contributed by atoms with Crippen molar-refractivity contribution in [1.82, 2.24) is 4.90 Å². The fourth-order valence-electron chi connectivity index (χ4n) is 3.73. The van der Waals surface area contributed by atoms with Gasteiger partial charge < -0.3 is 19.8 Å². The second-order valence-corrected chi connectivity index (χ2v) is 7.34. The Morgan fingerprint density at radius 3 is 2.26 bits per heavy atom. The number of carboxylic acids is 1. The van der Waals surface area contributed by atoms with E-state index in [1.165, 1.54) is 4.90 Å². The fraction of sp³-hybridized carbons (Fsp3) is 0.292. The van der Waals surface area contributed by atoms with Crippen molar-refractivity contribution < 1.29 is 29.3 Å². The highest BCUT2D eigenvalue weighted by Crippen LogP contribution is 2.39. The first-order valence-electron chi connectivity index (χ1n) is 10.1. The van der Waals surface area contributed by atoms with Crippen molar-refractivity contribution >= 4 is 23.4 Å². The molecule has 31 heavy (non-hydrogen) atoms. The summed E-state index contributed by atoms with van der Waals surface area (Å²) in [5.41, 5.74) is 1.19. The van der Waals surface area contributed by atoms with E-state index >= 15 is 0 Å². The van der Waals surface area contributed by atoms with Crippen LogP contribution in [0.4, 0.5) is 0 Å². The van der Waals surface area contributed by atoms with E-state index in [2.05, 4.69) is 0 Å². The molecule has 1 heterocycles. The second-order valence-electron chi connectivity index (χ2n) is 7.34. The fourth-order valence-corrected chi connectivity index (χ4v) is 3.73. The molecule has 0 saturated carbocycles. The van der Waals surface area contributed by atoms with Crippen LogP contribution in [0.3, 0.4) is 0 Å². The van der Waals surface area contributed by atoms with Crippen molar-refractivity contribution in [2.45, 2.75) is 31.7 Å². The monoisotopic (exact) mass is 423 g/mol. The number of hydrogen-bond acceptors (Lipinski definition) is 5. The number of amides is 1. The molecular weight excluding hydrogens is 398 g/mol. The predicted octanol–water partition coefficient (Wildman–Crippen LogP) is 3.76. The number of carboxylic acid groups (broad SMARTS) is 1. The van der Waals surface area contributed by atoms with Gasteiger partial charge >= 0.3 is 5.97 Å². The molecule has 0 spiro atoms. The average molecular weight is 423 g/mol. The van der Waals surface area contributed by atoms with Crippen LogP contribution in [0.2, 0.25) is 0 Å². The van der Waals surface area contributed by atoms with Gasteiger partial charge in [-0.15, -0.1) is 0 Å². The number of ether oxygens (including phenoxy) is 1. The normalized spacial score (nSPS) is 17.7. The number of ketones is 1. The van der Waals surface area contributed by atoms with Crippen molar-refractivity contribution in [2.75, 3.05) is 13.7 Å². The largest absolute Gasteiger partial charge is 0.507 e. The smallest absolute Gasteiger partial charge is 0.303 e. The number of nitrogens with zero attached hydrogens (tertiary/aromatic N) is 1. The lowest BCUT2D eigenvalue weighted by Crippen LogP contribution is -2.30. The number of benzene rings is 2. The highest BCUT2D eigenvalue weighted by molar-refractivity contribution is 6.46. The zero-order valence-electron chi connectivity index (χ0n) is 17.3. The Kier molecular flexibility index (Phi) is 7.07. The zero-order chi connectivity index (χ0) is 22.4. The van der Waals surface area contributed by atoms with E-state index < -0.39 is 23.7 Å². The van der Waals surface area contributed by atoms with Gasteiger partial charge in [-0.25, -0.2) is 0 Å². The summed E-state index contributed by atoms with van der Waals surface area (Å²) in [4.78, 5) is 37.9. The van der Waals surface area contributed by atoms with Crippen molar-refractivity contribution in [3.05, 3.63) is 71.3 Å². The summed E-state index contributed by atoms with van der Waals surface area (Å²) in [5.74, 6) is -1.84. The van der Waals surface area contributed by atoms with Gasteiger partial charge in [-0.2, -0.15) is 0 Å². The average Bonchev–Trinajstić information content (AvgIpc) is 3.03. The van der Waals surface area contributed by atoms with E-state index in [9.17, 15) is 19.5 Å². The summed E-state index contributed by atoms with van der Waals surface area (Å²) in [5, 5.41) is 19.7. The molecule has 2 N–H and O–H groups in total. The molecule has 2 aromatic rings. The van der Waals surface area contributed by atoms with E-state index in [-0.39, 0.29) is 24.3 Å². The van der Waals surface area contributed by atoms with Gasteiger partial charge in [0.05, 0.1) is 18.7 Å². The van der Waals surface area contributed by atoms with Crippen LogP contribution >= 0.6 is 0 Å². The summed E-state index contributed by atoms with van der Waals surface area (Å²) >= 11 is 0. The van der Waals surface area contributed by atoms with Crippen molar-refractivity contribution in [3.63, 3.8) is 0 Å². The number of Topliss-reactive ketones (excluding diaryl/α,β-unsaturated/α-hetero) is 1. The summed E-state index contributed by atoms with van der Waals surface area (Å²) in [6.07, 6.45) is 1.73. The van der Waals surface area contributed by atoms with Crippen molar-refractivity contribution in [2.24, 2.45) is 0 Å². The third-order valence-electron chi connectivity index (χ3n) is 5.31. The van der Waals surface area contributed by atoms with Crippen LogP contribution in [0.15, 0.2) is 60.2 Å². The Hall–Kier alpha value is -3.61.